The smallest absolute Gasteiger partial charge is 0.114 e. The van der Waals surface area contributed by atoms with Crippen molar-refractivity contribution < 1.29 is 0 Å². The van der Waals surface area contributed by atoms with Crippen LogP contribution in [0.2, 0.25) is 0 Å². The molecule has 0 spiro atoms. The predicted octanol–water partition coefficient (Wildman–Crippen LogP) is 2.65. The quantitative estimate of drug-likeness (QED) is 0.613. The summed E-state index contributed by atoms with van der Waals surface area (Å²) in [6, 6.07) is 10.6. The van der Waals surface area contributed by atoms with E-state index in [4.69, 9.17) is 0 Å². The highest BCUT2D eigenvalue weighted by molar-refractivity contribution is 8.93. The highest BCUT2D eigenvalue weighted by Gasteiger charge is 2.11. The molecule has 1 rings (SSSR count). The van der Waals surface area contributed by atoms with E-state index in [-0.39, 0.29) is 40.0 Å². The Kier molecular flexibility index (Phi) is 7.48. The van der Waals surface area contributed by atoms with Gasteiger partial charge in [0.2, 0.25) is 0 Å². The van der Waals surface area contributed by atoms with Crippen LogP contribution in [0.1, 0.15) is 26.3 Å². The second-order valence-electron chi connectivity index (χ2n) is 3.62. The third-order valence-electron chi connectivity index (χ3n) is 1.64. The summed E-state index contributed by atoms with van der Waals surface area (Å²) in [5, 5.41) is 0. The molecule has 0 radical (unpaired) electrons. The first-order chi connectivity index (χ1) is 4.61. The maximum atomic E-state index is 2.22. The Hall–Kier alpha value is 0.466. The molecular weight excluding hydrogens is 224 g/mol. The van der Waals surface area contributed by atoms with E-state index in [0.717, 1.165) is 0 Å². The molecule has 0 N–H and O–H groups in total. The standard InChI is InChI=1S/C10H14.BrH.Mg.2H/c1-10(2,3)9-7-5-4-6-8-9;;;;/h4-8H,1-3H3;1H;;;. The lowest BCUT2D eigenvalue weighted by atomic mass is 9.87. The molecule has 0 amide bonds. The number of hydrogen-bond donors (Lipinski definition) is 0. The Morgan fingerprint density at radius 3 is 1.58 bits per heavy atom. The highest BCUT2D eigenvalue weighted by Crippen LogP contribution is 2.20. The fourth-order valence-corrected chi connectivity index (χ4v) is 0.938. The lowest BCUT2D eigenvalue weighted by Gasteiger charge is -2.18. The van der Waals surface area contributed by atoms with Crippen LogP contribution in [0.25, 0.3) is 0 Å². The van der Waals surface area contributed by atoms with Crippen molar-refractivity contribution in [2.45, 2.75) is 26.2 Å². The molecule has 0 aromatic heterocycles. The molecule has 0 aliphatic heterocycles. The van der Waals surface area contributed by atoms with Crippen molar-refractivity contribution in [1.82, 2.24) is 0 Å². The molecule has 1 aromatic rings. The minimum absolute atomic E-state index is 0. The summed E-state index contributed by atoms with van der Waals surface area (Å²) in [5.41, 5.74) is 1.69. The molecule has 0 saturated carbocycles. The zero-order valence-corrected chi connectivity index (χ0v) is 9.01. The van der Waals surface area contributed by atoms with Crippen molar-refractivity contribution >= 4 is 40.0 Å². The summed E-state index contributed by atoms with van der Waals surface area (Å²) in [6.07, 6.45) is 0. The van der Waals surface area contributed by atoms with E-state index >= 15 is 0 Å². The second kappa shape index (κ2) is 6.00. The SMILES string of the molecule is Br.CC(C)(C)c1ccccc1.[MgH2]. The molecule has 12 heavy (non-hydrogen) atoms. The van der Waals surface area contributed by atoms with Gasteiger partial charge in [-0.3, -0.25) is 0 Å². The molecule has 0 saturated heterocycles. The molecule has 0 atom stereocenters. The molecule has 2 heteroatoms. The fraction of sp³-hybridized carbons (Fsp3) is 0.400. The normalized spacial score (nSPS) is 9.58. The van der Waals surface area contributed by atoms with Gasteiger partial charge in [0.1, 0.15) is 0 Å². The van der Waals surface area contributed by atoms with Crippen LogP contribution in [0.15, 0.2) is 30.3 Å². The van der Waals surface area contributed by atoms with Crippen LogP contribution in [0, 0.1) is 0 Å². The predicted molar refractivity (Wildman–Crippen MR) is 64.0 cm³/mol. The van der Waals surface area contributed by atoms with Gasteiger partial charge in [-0.15, -0.1) is 17.0 Å². The van der Waals surface area contributed by atoms with Crippen LogP contribution in [-0.4, -0.2) is 23.1 Å². The van der Waals surface area contributed by atoms with Crippen molar-refractivity contribution in [2.75, 3.05) is 0 Å². The van der Waals surface area contributed by atoms with E-state index in [0.29, 0.717) is 5.41 Å². The lowest BCUT2D eigenvalue weighted by molar-refractivity contribution is 0.590. The molecule has 66 valence electrons. The number of hydrogen-bond acceptors (Lipinski definition) is 0. The Balaban J connectivity index is 0. The van der Waals surface area contributed by atoms with Gasteiger partial charge in [0.25, 0.3) is 0 Å². The first-order valence-corrected chi connectivity index (χ1v) is 3.66. The van der Waals surface area contributed by atoms with Gasteiger partial charge in [0.05, 0.1) is 0 Å². The lowest BCUT2D eigenvalue weighted by Crippen LogP contribution is -2.10. The van der Waals surface area contributed by atoms with Crippen LogP contribution in [0.5, 0.6) is 0 Å². The van der Waals surface area contributed by atoms with Gasteiger partial charge in [0.15, 0.2) is 0 Å². The average Bonchev–Trinajstić information content (AvgIpc) is 1.88. The Bertz CT molecular complexity index is 201. The van der Waals surface area contributed by atoms with E-state index in [9.17, 15) is 0 Å². The second-order valence-corrected chi connectivity index (χ2v) is 3.62. The third kappa shape index (κ3) is 4.48. The maximum absolute atomic E-state index is 2.22. The van der Waals surface area contributed by atoms with E-state index in [1.165, 1.54) is 5.56 Å². The summed E-state index contributed by atoms with van der Waals surface area (Å²) in [7, 11) is 0. The van der Waals surface area contributed by atoms with E-state index in [2.05, 4.69) is 51.1 Å². The minimum atomic E-state index is 0. The van der Waals surface area contributed by atoms with Crippen LogP contribution < -0.4 is 0 Å². The van der Waals surface area contributed by atoms with Crippen molar-refractivity contribution in [2.24, 2.45) is 0 Å². The third-order valence-corrected chi connectivity index (χ3v) is 1.64. The average molecular weight is 241 g/mol. The monoisotopic (exact) mass is 240 g/mol. The van der Waals surface area contributed by atoms with Crippen molar-refractivity contribution in [3.63, 3.8) is 0 Å². The Labute approximate surface area is 102 Å². The van der Waals surface area contributed by atoms with E-state index in [1.54, 1.807) is 0 Å². The van der Waals surface area contributed by atoms with E-state index < -0.39 is 0 Å². The Morgan fingerprint density at radius 2 is 1.33 bits per heavy atom. The fourth-order valence-electron chi connectivity index (χ4n) is 0.938. The number of rotatable bonds is 0. The molecule has 0 unspecified atom stereocenters. The van der Waals surface area contributed by atoms with Gasteiger partial charge >= 0.3 is 23.1 Å². The van der Waals surface area contributed by atoms with Crippen LogP contribution in [-0.2, 0) is 5.41 Å². The van der Waals surface area contributed by atoms with Crippen LogP contribution in [0.4, 0.5) is 0 Å². The molecule has 0 fully saturated rings. The first-order valence-electron chi connectivity index (χ1n) is 3.66. The maximum Gasteiger partial charge on any atom is 0.316 e. The zero-order chi connectivity index (χ0) is 7.61. The van der Waals surface area contributed by atoms with Gasteiger partial charge in [-0.05, 0) is 11.0 Å². The highest BCUT2D eigenvalue weighted by atomic mass is 79.9. The van der Waals surface area contributed by atoms with Crippen LogP contribution >= 0.6 is 17.0 Å². The summed E-state index contributed by atoms with van der Waals surface area (Å²) < 4.78 is 0. The van der Waals surface area contributed by atoms with Gasteiger partial charge in [-0.25, -0.2) is 0 Å². The van der Waals surface area contributed by atoms with Crippen molar-refractivity contribution in [1.29, 1.82) is 0 Å². The summed E-state index contributed by atoms with van der Waals surface area (Å²) in [4.78, 5) is 0. The van der Waals surface area contributed by atoms with Gasteiger partial charge in [-0.2, -0.15) is 0 Å². The molecular formula is C10H17BrMg. The van der Waals surface area contributed by atoms with Gasteiger partial charge in [0, 0.05) is 0 Å². The number of benzene rings is 1. The van der Waals surface area contributed by atoms with Gasteiger partial charge in [-0.1, -0.05) is 51.1 Å². The van der Waals surface area contributed by atoms with Crippen molar-refractivity contribution in [3.05, 3.63) is 35.9 Å². The number of halogens is 1. The first kappa shape index (κ1) is 15.0. The largest absolute Gasteiger partial charge is 0.316 e. The van der Waals surface area contributed by atoms with Crippen LogP contribution in [0.3, 0.4) is 0 Å². The molecule has 0 heterocycles. The summed E-state index contributed by atoms with van der Waals surface area (Å²) in [5.74, 6) is 0. The van der Waals surface area contributed by atoms with Gasteiger partial charge < -0.3 is 0 Å². The Morgan fingerprint density at radius 1 is 0.917 bits per heavy atom. The minimum Gasteiger partial charge on any atom is -0.114 e. The zero-order valence-electron chi connectivity index (χ0n) is 7.29. The van der Waals surface area contributed by atoms with E-state index in [1.807, 2.05) is 0 Å². The topological polar surface area (TPSA) is 0 Å². The summed E-state index contributed by atoms with van der Waals surface area (Å²) >= 11 is 0. The van der Waals surface area contributed by atoms with Crippen molar-refractivity contribution in [3.8, 4) is 0 Å². The molecule has 0 nitrogen and oxygen atoms in total. The molecule has 0 aliphatic rings. The summed E-state index contributed by atoms with van der Waals surface area (Å²) in [6.45, 7) is 6.67. The molecule has 1 aromatic carbocycles. The molecule has 0 bridgehead atoms. The molecule has 0 aliphatic carbocycles.